The maximum atomic E-state index is 13.2. The first-order valence-corrected chi connectivity index (χ1v) is 7.97. The van der Waals surface area contributed by atoms with Crippen LogP contribution in [0.25, 0.3) is 22.5 Å². The molecule has 0 saturated carbocycles. The lowest BCUT2D eigenvalue weighted by molar-refractivity contribution is -0.140. The molecule has 0 amide bonds. The highest BCUT2D eigenvalue weighted by Gasteiger charge is 2.15. The van der Waals surface area contributed by atoms with Gasteiger partial charge in [0.2, 0.25) is 0 Å². The molecule has 2 aromatic heterocycles. The van der Waals surface area contributed by atoms with Gasteiger partial charge in [-0.15, -0.1) is 0 Å². The number of aromatic nitrogens is 3. The summed E-state index contributed by atoms with van der Waals surface area (Å²) < 4.78 is 19.9. The standard InChI is InChI=1S/C19H18FN3O2/c1-25-17(24)3-2-12-23-13-22-18(14-4-6-16(20)7-5-14)19(23)15-8-10-21-11-9-15/h4-11,13H,2-3,12H2,1H3. The van der Waals surface area contributed by atoms with E-state index in [9.17, 15) is 9.18 Å². The second kappa shape index (κ2) is 7.70. The first-order chi connectivity index (χ1) is 12.2. The van der Waals surface area contributed by atoms with Crippen LogP contribution in [0.4, 0.5) is 4.39 Å². The van der Waals surface area contributed by atoms with Crippen LogP contribution >= 0.6 is 0 Å². The quantitative estimate of drug-likeness (QED) is 0.643. The van der Waals surface area contributed by atoms with Crippen LogP contribution in [0.15, 0.2) is 55.1 Å². The molecular weight excluding hydrogens is 321 g/mol. The van der Waals surface area contributed by atoms with Gasteiger partial charge in [0.05, 0.1) is 24.8 Å². The van der Waals surface area contributed by atoms with Crippen LogP contribution < -0.4 is 0 Å². The number of hydrogen-bond donors (Lipinski definition) is 0. The molecule has 0 N–H and O–H groups in total. The summed E-state index contributed by atoms with van der Waals surface area (Å²) in [6, 6.07) is 10.1. The second-order valence-corrected chi connectivity index (χ2v) is 5.56. The van der Waals surface area contributed by atoms with E-state index >= 15 is 0 Å². The minimum Gasteiger partial charge on any atom is -0.469 e. The Kier molecular flexibility index (Phi) is 5.18. The number of rotatable bonds is 6. The maximum Gasteiger partial charge on any atom is 0.305 e. The number of imidazole rings is 1. The fourth-order valence-electron chi connectivity index (χ4n) is 2.68. The molecule has 1 aromatic carbocycles. The third-order valence-corrected chi connectivity index (χ3v) is 3.92. The van der Waals surface area contributed by atoms with Crippen LogP contribution in [0.2, 0.25) is 0 Å². The average molecular weight is 339 g/mol. The van der Waals surface area contributed by atoms with Crippen molar-refractivity contribution in [1.29, 1.82) is 0 Å². The molecule has 25 heavy (non-hydrogen) atoms. The zero-order valence-corrected chi connectivity index (χ0v) is 13.9. The van der Waals surface area contributed by atoms with Gasteiger partial charge in [-0.05, 0) is 42.8 Å². The summed E-state index contributed by atoms with van der Waals surface area (Å²) in [5.41, 5.74) is 3.48. The van der Waals surface area contributed by atoms with Crippen molar-refractivity contribution >= 4 is 5.97 Å². The van der Waals surface area contributed by atoms with Gasteiger partial charge in [0.25, 0.3) is 0 Å². The van der Waals surface area contributed by atoms with Crippen LogP contribution in [-0.2, 0) is 16.1 Å². The number of hydrogen-bond acceptors (Lipinski definition) is 4. The molecule has 3 rings (SSSR count). The molecule has 0 fully saturated rings. The number of benzene rings is 1. The first-order valence-electron chi connectivity index (χ1n) is 7.97. The van der Waals surface area contributed by atoms with Gasteiger partial charge in [-0.3, -0.25) is 9.78 Å². The summed E-state index contributed by atoms with van der Waals surface area (Å²) >= 11 is 0. The largest absolute Gasteiger partial charge is 0.469 e. The molecule has 0 bridgehead atoms. The number of esters is 1. The van der Waals surface area contributed by atoms with Gasteiger partial charge in [-0.25, -0.2) is 9.37 Å². The number of ether oxygens (including phenoxy) is 1. The molecule has 0 atom stereocenters. The zero-order valence-electron chi connectivity index (χ0n) is 13.9. The Morgan fingerprint density at radius 2 is 1.84 bits per heavy atom. The second-order valence-electron chi connectivity index (χ2n) is 5.56. The Balaban J connectivity index is 1.96. The summed E-state index contributed by atoms with van der Waals surface area (Å²) in [6.07, 6.45) is 6.16. The van der Waals surface area contributed by atoms with Crippen molar-refractivity contribution in [3.8, 4) is 22.5 Å². The summed E-state index contributed by atoms with van der Waals surface area (Å²) in [4.78, 5) is 19.9. The Morgan fingerprint density at radius 1 is 1.12 bits per heavy atom. The summed E-state index contributed by atoms with van der Waals surface area (Å²) in [7, 11) is 1.38. The van der Waals surface area contributed by atoms with Gasteiger partial charge >= 0.3 is 5.97 Å². The fraction of sp³-hybridized carbons (Fsp3) is 0.211. The van der Waals surface area contributed by atoms with E-state index in [0.717, 1.165) is 22.5 Å². The lowest BCUT2D eigenvalue weighted by Gasteiger charge is -2.10. The van der Waals surface area contributed by atoms with Gasteiger partial charge in [0, 0.05) is 36.5 Å². The SMILES string of the molecule is COC(=O)CCCn1cnc(-c2ccc(F)cc2)c1-c1ccncc1. The van der Waals surface area contributed by atoms with Gasteiger partial charge in [0.15, 0.2) is 0 Å². The molecule has 2 heterocycles. The van der Waals surface area contributed by atoms with Crippen molar-refractivity contribution in [1.82, 2.24) is 14.5 Å². The Bertz CT molecular complexity index is 845. The Labute approximate surface area is 145 Å². The van der Waals surface area contributed by atoms with E-state index in [4.69, 9.17) is 0 Å². The Morgan fingerprint density at radius 3 is 2.52 bits per heavy atom. The van der Waals surface area contributed by atoms with Crippen LogP contribution in [0.5, 0.6) is 0 Å². The third kappa shape index (κ3) is 3.91. The van der Waals surface area contributed by atoms with Crippen molar-refractivity contribution in [2.24, 2.45) is 0 Å². The van der Waals surface area contributed by atoms with E-state index in [0.29, 0.717) is 19.4 Å². The van der Waals surface area contributed by atoms with E-state index in [1.807, 2.05) is 16.7 Å². The molecule has 0 aliphatic rings. The van der Waals surface area contributed by atoms with Gasteiger partial charge in [-0.1, -0.05) is 0 Å². The molecule has 0 radical (unpaired) electrons. The van der Waals surface area contributed by atoms with Gasteiger partial charge < -0.3 is 9.30 Å². The minimum atomic E-state index is -0.285. The van der Waals surface area contributed by atoms with Crippen molar-refractivity contribution in [3.05, 3.63) is 60.9 Å². The first kappa shape index (κ1) is 16.8. The maximum absolute atomic E-state index is 13.2. The lowest BCUT2D eigenvalue weighted by atomic mass is 10.1. The number of pyridine rings is 1. The number of methoxy groups -OCH3 is 1. The summed E-state index contributed by atoms with van der Waals surface area (Å²) in [6.45, 7) is 0.626. The number of carbonyl (C=O) groups excluding carboxylic acids is 1. The molecule has 6 heteroatoms. The third-order valence-electron chi connectivity index (χ3n) is 3.92. The minimum absolute atomic E-state index is 0.232. The molecular formula is C19H18FN3O2. The molecule has 0 aliphatic carbocycles. The predicted molar refractivity (Wildman–Crippen MR) is 92.1 cm³/mol. The summed E-state index contributed by atoms with van der Waals surface area (Å²) in [5.74, 6) is -0.518. The summed E-state index contributed by atoms with van der Waals surface area (Å²) in [5, 5.41) is 0. The van der Waals surface area contributed by atoms with Crippen molar-refractivity contribution in [2.45, 2.75) is 19.4 Å². The molecule has 5 nitrogen and oxygen atoms in total. The van der Waals surface area contributed by atoms with Crippen molar-refractivity contribution < 1.29 is 13.9 Å². The van der Waals surface area contributed by atoms with Crippen LogP contribution in [0, 0.1) is 5.82 Å². The number of carbonyl (C=O) groups is 1. The highest BCUT2D eigenvalue weighted by Crippen LogP contribution is 2.31. The molecule has 0 spiro atoms. The normalized spacial score (nSPS) is 10.6. The number of aryl methyl sites for hydroxylation is 1. The fourth-order valence-corrected chi connectivity index (χ4v) is 2.68. The van der Waals surface area contributed by atoms with Gasteiger partial charge in [0.1, 0.15) is 5.82 Å². The Hall–Kier alpha value is -3.02. The molecule has 0 unspecified atom stereocenters. The highest BCUT2D eigenvalue weighted by molar-refractivity contribution is 5.78. The molecule has 3 aromatic rings. The molecule has 128 valence electrons. The topological polar surface area (TPSA) is 57.0 Å². The number of halogens is 1. The van der Waals surface area contributed by atoms with Crippen LogP contribution in [-0.4, -0.2) is 27.6 Å². The van der Waals surface area contributed by atoms with E-state index in [2.05, 4.69) is 14.7 Å². The monoisotopic (exact) mass is 339 g/mol. The smallest absolute Gasteiger partial charge is 0.305 e. The zero-order chi connectivity index (χ0) is 17.6. The predicted octanol–water partition coefficient (Wildman–Crippen LogP) is 3.70. The molecule has 0 aliphatic heterocycles. The van der Waals surface area contributed by atoms with Crippen molar-refractivity contribution in [2.75, 3.05) is 7.11 Å². The lowest BCUT2D eigenvalue weighted by Crippen LogP contribution is -2.05. The van der Waals surface area contributed by atoms with Crippen molar-refractivity contribution in [3.63, 3.8) is 0 Å². The van der Waals surface area contributed by atoms with E-state index in [1.54, 1.807) is 30.9 Å². The van der Waals surface area contributed by atoms with Gasteiger partial charge in [-0.2, -0.15) is 0 Å². The number of nitrogens with zero attached hydrogens (tertiary/aromatic N) is 3. The van der Waals surface area contributed by atoms with Crippen LogP contribution in [0.3, 0.4) is 0 Å². The van der Waals surface area contributed by atoms with E-state index in [-0.39, 0.29) is 11.8 Å². The van der Waals surface area contributed by atoms with E-state index < -0.39 is 0 Å². The van der Waals surface area contributed by atoms with Crippen LogP contribution in [0.1, 0.15) is 12.8 Å². The average Bonchev–Trinajstić information content (AvgIpc) is 3.06. The van der Waals surface area contributed by atoms with E-state index in [1.165, 1.54) is 19.2 Å². The molecule has 0 saturated heterocycles. The highest BCUT2D eigenvalue weighted by atomic mass is 19.1.